The molecule has 0 saturated heterocycles. The summed E-state index contributed by atoms with van der Waals surface area (Å²) in [5, 5.41) is 12.7. The lowest BCUT2D eigenvalue weighted by Gasteiger charge is -2.14. The smallest absolute Gasteiger partial charge is 0.134 e. The van der Waals surface area contributed by atoms with Crippen molar-refractivity contribution in [2.24, 2.45) is 0 Å². The third kappa shape index (κ3) is 2.40. The minimum absolute atomic E-state index is 0.619. The molecule has 0 saturated carbocycles. The Morgan fingerprint density at radius 2 is 2.12 bits per heavy atom. The van der Waals surface area contributed by atoms with Gasteiger partial charge in [0.05, 0.1) is 14.2 Å². The van der Waals surface area contributed by atoms with Crippen LogP contribution >= 0.6 is 11.3 Å². The van der Waals surface area contributed by atoms with Gasteiger partial charge in [0.2, 0.25) is 0 Å². The summed E-state index contributed by atoms with van der Waals surface area (Å²) >= 11 is 1.40. The minimum Gasteiger partial charge on any atom is -0.497 e. The molecule has 4 nitrogen and oxygen atoms in total. The minimum atomic E-state index is -0.792. The van der Waals surface area contributed by atoms with Crippen LogP contribution in [0.3, 0.4) is 0 Å². The predicted octanol–water partition coefficient (Wildman–Crippen LogP) is 2.24. The van der Waals surface area contributed by atoms with Crippen molar-refractivity contribution in [1.82, 2.24) is 4.98 Å². The third-order valence-corrected chi connectivity index (χ3v) is 3.24. The summed E-state index contributed by atoms with van der Waals surface area (Å²) in [6.45, 7) is 0. The first-order chi connectivity index (χ1) is 8.26. The molecule has 90 valence electrons. The number of aliphatic hydroxyl groups excluding tert-OH is 1. The van der Waals surface area contributed by atoms with Crippen LogP contribution in [0.4, 0.5) is 0 Å². The highest BCUT2D eigenvalue weighted by molar-refractivity contribution is 7.09. The summed E-state index contributed by atoms with van der Waals surface area (Å²) < 4.78 is 10.4. The van der Waals surface area contributed by atoms with E-state index in [-0.39, 0.29) is 0 Å². The topological polar surface area (TPSA) is 51.6 Å². The van der Waals surface area contributed by atoms with Gasteiger partial charge in [0.15, 0.2) is 0 Å². The fourth-order valence-corrected chi connectivity index (χ4v) is 2.19. The van der Waals surface area contributed by atoms with Gasteiger partial charge in [0, 0.05) is 17.1 Å². The van der Waals surface area contributed by atoms with E-state index in [9.17, 15) is 5.11 Å². The molecule has 1 heterocycles. The fraction of sp³-hybridized carbons (Fsp3) is 0.250. The van der Waals surface area contributed by atoms with Crippen LogP contribution in [0.2, 0.25) is 0 Å². The van der Waals surface area contributed by atoms with E-state index in [1.54, 1.807) is 38.6 Å². The number of ether oxygens (including phenoxy) is 2. The predicted molar refractivity (Wildman–Crippen MR) is 65.7 cm³/mol. The number of nitrogens with zero attached hydrogens (tertiary/aromatic N) is 1. The molecule has 5 heteroatoms. The third-order valence-electron chi connectivity index (χ3n) is 2.42. The molecule has 0 aliphatic carbocycles. The summed E-state index contributed by atoms with van der Waals surface area (Å²) in [4.78, 5) is 4.10. The number of methoxy groups -OCH3 is 2. The number of rotatable bonds is 4. The van der Waals surface area contributed by atoms with Gasteiger partial charge in [0.25, 0.3) is 0 Å². The Morgan fingerprint density at radius 1 is 1.29 bits per heavy atom. The lowest BCUT2D eigenvalue weighted by Crippen LogP contribution is -2.02. The Balaban J connectivity index is 2.41. The first-order valence-electron chi connectivity index (χ1n) is 5.05. The SMILES string of the molecule is COc1ccc(OC)c(C(O)c2nccs2)c1. The second-order valence-electron chi connectivity index (χ2n) is 3.38. The quantitative estimate of drug-likeness (QED) is 0.905. The Morgan fingerprint density at radius 3 is 2.71 bits per heavy atom. The average molecular weight is 251 g/mol. The number of benzene rings is 1. The molecule has 0 amide bonds. The zero-order valence-electron chi connectivity index (χ0n) is 9.58. The van der Waals surface area contributed by atoms with Crippen molar-refractivity contribution in [2.75, 3.05) is 14.2 Å². The molecule has 1 aromatic carbocycles. The van der Waals surface area contributed by atoms with Crippen molar-refractivity contribution >= 4 is 11.3 Å². The van der Waals surface area contributed by atoms with E-state index in [1.165, 1.54) is 11.3 Å². The molecular formula is C12H13NO3S. The second-order valence-corrected chi connectivity index (χ2v) is 4.31. The Bertz CT molecular complexity index is 485. The van der Waals surface area contributed by atoms with E-state index in [1.807, 2.05) is 5.38 Å². The summed E-state index contributed by atoms with van der Waals surface area (Å²) in [5.41, 5.74) is 0.654. The van der Waals surface area contributed by atoms with E-state index in [2.05, 4.69) is 4.98 Å². The number of hydrogen-bond acceptors (Lipinski definition) is 5. The fourth-order valence-electron chi connectivity index (χ4n) is 1.56. The van der Waals surface area contributed by atoms with Crippen molar-refractivity contribution in [3.63, 3.8) is 0 Å². The Kier molecular flexibility index (Phi) is 3.61. The van der Waals surface area contributed by atoms with Crippen LogP contribution < -0.4 is 9.47 Å². The first kappa shape index (κ1) is 11.9. The van der Waals surface area contributed by atoms with Crippen molar-refractivity contribution < 1.29 is 14.6 Å². The number of thiazole rings is 1. The van der Waals surface area contributed by atoms with E-state index in [4.69, 9.17) is 9.47 Å². The Hall–Kier alpha value is -1.59. The normalized spacial score (nSPS) is 12.2. The highest BCUT2D eigenvalue weighted by Crippen LogP contribution is 2.33. The van der Waals surface area contributed by atoms with Crippen LogP contribution in [-0.2, 0) is 0 Å². The first-order valence-corrected chi connectivity index (χ1v) is 5.93. The van der Waals surface area contributed by atoms with Crippen LogP contribution in [-0.4, -0.2) is 24.3 Å². The molecule has 0 aliphatic rings. The summed E-state index contributed by atoms with van der Waals surface area (Å²) in [6, 6.07) is 5.31. The van der Waals surface area contributed by atoms with Crippen LogP contribution in [0, 0.1) is 0 Å². The van der Waals surface area contributed by atoms with Crippen LogP contribution in [0.25, 0.3) is 0 Å². The molecular weight excluding hydrogens is 238 g/mol. The Labute approximate surface area is 103 Å². The maximum Gasteiger partial charge on any atom is 0.134 e. The van der Waals surface area contributed by atoms with Gasteiger partial charge in [-0.05, 0) is 18.2 Å². The molecule has 2 rings (SSSR count). The van der Waals surface area contributed by atoms with Crippen LogP contribution in [0.15, 0.2) is 29.8 Å². The van der Waals surface area contributed by atoms with Gasteiger partial charge >= 0.3 is 0 Å². The number of hydrogen-bond donors (Lipinski definition) is 1. The van der Waals surface area contributed by atoms with Crippen LogP contribution in [0.5, 0.6) is 11.5 Å². The summed E-state index contributed by atoms with van der Waals surface area (Å²) in [7, 11) is 3.15. The highest BCUT2D eigenvalue weighted by atomic mass is 32.1. The molecule has 1 unspecified atom stereocenters. The van der Waals surface area contributed by atoms with Gasteiger partial charge in [-0.15, -0.1) is 11.3 Å². The molecule has 1 aromatic heterocycles. The van der Waals surface area contributed by atoms with E-state index in [0.29, 0.717) is 22.1 Å². The van der Waals surface area contributed by atoms with Crippen molar-refractivity contribution in [3.05, 3.63) is 40.3 Å². The maximum atomic E-state index is 10.2. The lowest BCUT2D eigenvalue weighted by atomic mass is 10.1. The van der Waals surface area contributed by atoms with Gasteiger partial charge in [-0.1, -0.05) is 0 Å². The van der Waals surface area contributed by atoms with E-state index in [0.717, 1.165) is 0 Å². The summed E-state index contributed by atoms with van der Waals surface area (Å²) in [6.07, 6.45) is 0.871. The van der Waals surface area contributed by atoms with Gasteiger partial charge in [-0.25, -0.2) is 4.98 Å². The average Bonchev–Trinajstić information content (AvgIpc) is 2.91. The molecule has 0 bridgehead atoms. The molecule has 0 aliphatic heterocycles. The molecule has 0 fully saturated rings. The van der Waals surface area contributed by atoms with E-state index >= 15 is 0 Å². The molecule has 1 atom stereocenters. The molecule has 1 N–H and O–H groups in total. The second kappa shape index (κ2) is 5.16. The van der Waals surface area contributed by atoms with Crippen molar-refractivity contribution in [2.45, 2.75) is 6.10 Å². The molecule has 0 spiro atoms. The maximum absolute atomic E-state index is 10.2. The summed E-state index contributed by atoms with van der Waals surface area (Å²) in [5.74, 6) is 1.30. The van der Waals surface area contributed by atoms with Crippen molar-refractivity contribution in [1.29, 1.82) is 0 Å². The van der Waals surface area contributed by atoms with Crippen LogP contribution in [0.1, 0.15) is 16.7 Å². The lowest BCUT2D eigenvalue weighted by molar-refractivity contribution is 0.213. The standard InChI is InChI=1S/C12H13NO3S/c1-15-8-3-4-10(16-2)9(7-8)11(14)12-13-5-6-17-12/h3-7,11,14H,1-2H3. The van der Waals surface area contributed by atoms with E-state index < -0.39 is 6.10 Å². The molecule has 0 radical (unpaired) electrons. The zero-order valence-corrected chi connectivity index (χ0v) is 10.4. The van der Waals surface area contributed by atoms with Crippen molar-refractivity contribution in [3.8, 4) is 11.5 Å². The highest BCUT2D eigenvalue weighted by Gasteiger charge is 2.18. The van der Waals surface area contributed by atoms with Gasteiger partial charge in [-0.2, -0.15) is 0 Å². The van der Waals surface area contributed by atoms with Gasteiger partial charge in [0.1, 0.15) is 22.6 Å². The monoisotopic (exact) mass is 251 g/mol. The zero-order chi connectivity index (χ0) is 12.3. The molecule has 17 heavy (non-hydrogen) atoms. The van der Waals surface area contributed by atoms with Gasteiger partial charge in [-0.3, -0.25) is 0 Å². The molecule has 2 aromatic rings. The number of aliphatic hydroxyl groups is 1. The largest absolute Gasteiger partial charge is 0.497 e. The number of aromatic nitrogens is 1. The van der Waals surface area contributed by atoms with Gasteiger partial charge < -0.3 is 14.6 Å².